The van der Waals surface area contributed by atoms with Gasteiger partial charge in [-0.25, -0.2) is 4.98 Å². The molecule has 0 N–H and O–H groups in total. The van der Waals surface area contributed by atoms with Crippen molar-refractivity contribution in [3.8, 4) is 11.8 Å². The van der Waals surface area contributed by atoms with Crippen LogP contribution in [0.5, 0.6) is 5.75 Å². The molecule has 0 atom stereocenters. The van der Waals surface area contributed by atoms with Crippen molar-refractivity contribution in [2.75, 3.05) is 18.6 Å². The normalized spacial score (nSPS) is 9.74. The van der Waals surface area contributed by atoms with Gasteiger partial charge in [-0.05, 0) is 37.3 Å². The fraction of sp³-hybridized carbons (Fsp3) is 0.200. The van der Waals surface area contributed by atoms with E-state index in [1.807, 2.05) is 49.2 Å². The Kier molecular flexibility index (Phi) is 3.99. The smallest absolute Gasteiger partial charge is 0.175 e. The second kappa shape index (κ2) is 5.87. The van der Waals surface area contributed by atoms with E-state index >= 15 is 0 Å². The van der Waals surface area contributed by atoms with Crippen LogP contribution in [0.25, 0.3) is 0 Å². The lowest BCUT2D eigenvalue weighted by molar-refractivity contribution is 0.340. The summed E-state index contributed by atoms with van der Waals surface area (Å²) in [7, 11) is 1.90. The molecule has 0 aliphatic heterocycles. The fourth-order valence-electron chi connectivity index (χ4n) is 1.81. The van der Waals surface area contributed by atoms with E-state index in [0.717, 1.165) is 17.3 Å². The van der Waals surface area contributed by atoms with Crippen LogP contribution >= 0.6 is 0 Å². The maximum absolute atomic E-state index is 8.94. The van der Waals surface area contributed by atoms with Gasteiger partial charge in [-0.1, -0.05) is 6.07 Å². The Morgan fingerprint density at radius 2 is 2.16 bits per heavy atom. The van der Waals surface area contributed by atoms with Crippen LogP contribution in [0.3, 0.4) is 0 Å². The summed E-state index contributed by atoms with van der Waals surface area (Å²) in [6.07, 6.45) is 1.72. The van der Waals surface area contributed by atoms with Gasteiger partial charge in [0.25, 0.3) is 0 Å². The molecule has 2 rings (SSSR count). The second-order valence-corrected chi connectivity index (χ2v) is 3.98. The van der Waals surface area contributed by atoms with Gasteiger partial charge in [0.05, 0.1) is 18.2 Å². The molecule has 19 heavy (non-hydrogen) atoms. The summed E-state index contributed by atoms with van der Waals surface area (Å²) in [6, 6.07) is 13.3. The highest BCUT2D eigenvalue weighted by Crippen LogP contribution is 2.30. The molecule has 4 heteroatoms. The van der Waals surface area contributed by atoms with Gasteiger partial charge >= 0.3 is 0 Å². The van der Waals surface area contributed by atoms with Crippen molar-refractivity contribution in [2.24, 2.45) is 0 Å². The van der Waals surface area contributed by atoms with Crippen molar-refractivity contribution < 1.29 is 4.74 Å². The third kappa shape index (κ3) is 2.83. The summed E-state index contributed by atoms with van der Waals surface area (Å²) in [5.41, 5.74) is 1.52. The number of nitrogens with zero attached hydrogens (tertiary/aromatic N) is 3. The van der Waals surface area contributed by atoms with Crippen LogP contribution in [0, 0.1) is 11.3 Å². The number of benzene rings is 1. The lowest BCUT2D eigenvalue weighted by atomic mass is 10.2. The Morgan fingerprint density at radius 1 is 1.32 bits per heavy atom. The Bertz CT molecular complexity index is 604. The zero-order chi connectivity index (χ0) is 13.7. The second-order valence-electron chi connectivity index (χ2n) is 3.98. The van der Waals surface area contributed by atoms with Gasteiger partial charge in [0, 0.05) is 18.9 Å². The topological polar surface area (TPSA) is 49.1 Å². The van der Waals surface area contributed by atoms with Gasteiger partial charge in [0.1, 0.15) is 0 Å². The zero-order valence-electron chi connectivity index (χ0n) is 11.0. The Balaban J connectivity index is 2.38. The maximum Gasteiger partial charge on any atom is 0.175 e. The first-order valence-corrected chi connectivity index (χ1v) is 6.08. The fourth-order valence-corrected chi connectivity index (χ4v) is 1.81. The number of hydrogen-bond donors (Lipinski definition) is 0. The first-order chi connectivity index (χ1) is 9.26. The molecule has 4 nitrogen and oxygen atoms in total. The summed E-state index contributed by atoms with van der Waals surface area (Å²) < 4.78 is 5.57. The zero-order valence-corrected chi connectivity index (χ0v) is 11.0. The van der Waals surface area contributed by atoms with Gasteiger partial charge in [0.2, 0.25) is 0 Å². The number of hydrogen-bond acceptors (Lipinski definition) is 4. The van der Waals surface area contributed by atoms with E-state index < -0.39 is 0 Å². The Labute approximate surface area is 112 Å². The van der Waals surface area contributed by atoms with Crippen molar-refractivity contribution in [1.29, 1.82) is 5.26 Å². The van der Waals surface area contributed by atoms with Crippen LogP contribution in [-0.2, 0) is 0 Å². The molecule has 0 aliphatic rings. The van der Waals surface area contributed by atoms with E-state index in [4.69, 9.17) is 10.00 Å². The molecular weight excluding hydrogens is 238 g/mol. The van der Waals surface area contributed by atoms with E-state index in [1.54, 1.807) is 12.3 Å². The van der Waals surface area contributed by atoms with Crippen LogP contribution in [0.2, 0.25) is 0 Å². The van der Waals surface area contributed by atoms with Gasteiger partial charge in [0.15, 0.2) is 11.6 Å². The molecule has 0 saturated heterocycles. The standard InChI is InChI=1S/C15H15N3O/c1-3-19-14-8-5-9-17-15(14)18(2)13-7-4-6-12(10-13)11-16/h4-10H,3H2,1-2H3. The van der Waals surface area contributed by atoms with Gasteiger partial charge < -0.3 is 9.64 Å². The van der Waals surface area contributed by atoms with Crippen LogP contribution in [0.4, 0.5) is 11.5 Å². The van der Waals surface area contributed by atoms with Gasteiger partial charge in [-0.3, -0.25) is 0 Å². The number of pyridine rings is 1. The third-order valence-corrected chi connectivity index (χ3v) is 2.73. The highest BCUT2D eigenvalue weighted by molar-refractivity contribution is 5.65. The van der Waals surface area contributed by atoms with E-state index in [9.17, 15) is 0 Å². The van der Waals surface area contributed by atoms with E-state index in [-0.39, 0.29) is 0 Å². The summed E-state index contributed by atoms with van der Waals surface area (Å²) in [5, 5.41) is 8.94. The Morgan fingerprint density at radius 3 is 2.89 bits per heavy atom. The predicted molar refractivity (Wildman–Crippen MR) is 74.6 cm³/mol. The minimum absolute atomic E-state index is 0.588. The average molecular weight is 253 g/mol. The molecule has 1 heterocycles. The van der Waals surface area contributed by atoms with Crippen LogP contribution in [0.15, 0.2) is 42.6 Å². The number of nitriles is 1. The quantitative estimate of drug-likeness (QED) is 0.840. The van der Waals surface area contributed by atoms with E-state index in [1.165, 1.54) is 0 Å². The molecule has 0 unspecified atom stereocenters. The number of aromatic nitrogens is 1. The number of ether oxygens (including phenoxy) is 1. The van der Waals surface area contributed by atoms with Crippen LogP contribution < -0.4 is 9.64 Å². The number of rotatable bonds is 4. The molecule has 1 aromatic heterocycles. The molecule has 0 spiro atoms. The third-order valence-electron chi connectivity index (χ3n) is 2.73. The minimum atomic E-state index is 0.588. The first kappa shape index (κ1) is 12.9. The summed E-state index contributed by atoms with van der Waals surface area (Å²) in [6.45, 7) is 2.53. The molecule has 0 aliphatic carbocycles. The molecule has 0 saturated carbocycles. The predicted octanol–water partition coefficient (Wildman–Crippen LogP) is 3.12. The molecule has 0 radical (unpaired) electrons. The molecule has 1 aromatic carbocycles. The van der Waals surface area contributed by atoms with Gasteiger partial charge in [-0.2, -0.15) is 5.26 Å². The maximum atomic E-state index is 8.94. The molecule has 0 amide bonds. The van der Waals surface area contributed by atoms with Crippen molar-refractivity contribution in [3.05, 3.63) is 48.2 Å². The van der Waals surface area contributed by atoms with Gasteiger partial charge in [-0.15, -0.1) is 0 Å². The minimum Gasteiger partial charge on any atom is -0.490 e. The molecule has 2 aromatic rings. The molecule has 0 fully saturated rings. The summed E-state index contributed by atoms with van der Waals surface area (Å²) >= 11 is 0. The lowest BCUT2D eigenvalue weighted by Gasteiger charge is -2.21. The summed E-state index contributed by atoms with van der Waals surface area (Å²) in [4.78, 5) is 6.26. The molecule has 96 valence electrons. The van der Waals surface area contributed by atoms with Crippen LogP contribution in [-0.4, -0.2) is 18.6 Å². The first-order valence-electron chi connectivity index (χ1n) is 6.08. The number of anilines is 2. The van der Waals surface area contributed by atoms with E-state index in [0.29, 0.717) is 12.2 Å². The molecule has 0 bridgehead atoms. The van der Waals surface area contributed by atoms with Crippen molar-refractivity contribution in [1.82, 2.24) is 4.98 Å². The Hall–Kier alpha value is -2.54. The average Bonchev–Trinajstić information content (AvgIpc) is 2.47. The molecular formula is C15H15N3O. The van der Waals surface area contributed by atoms with Crippen molar-refractivity contribution in [2.45, 2.75) is 6.92 Å². The van der Waals surface area contributed by atoms with Crippen molar-refractivity contribution >= 4 is 11.5 Å². The van der Waals surface area contributed by atoms with Crippen molar-refractivity contribution in [3.63, 3.8) is 0 Å². The SMILES string of the molecule is CCOc1cccnc1N(C)c1cccc(C#N)c1. The van der Waals surface area contributed by atoms with Crippen LogP contribution in [0.1, 0.15) is 12.5 Å². The summed E-state index contributed by atoms with van der Waals surface area (Å²) in [5.74, 6) is 1.47. The highest BCUT2D eigenvalue weighted by Gasteiger charge is 2.11. The highest BCUT2D eigenvalue weighted by atomic mass is 16.5. The van der Waals surface area contributed by atoms with E-state index in [2.05, 4.69) is 11.1 Å². The lowest BCUT2D eigenvalue weighted by Crippen LogP contribution is -2.13. The largest absolute Gasteiger partial charge is 0.490 e. The monoisotopic (exact) mass is 253 g/mol.